The van der Waals surface area contributed by atoms with E-state index in [1.807, 2.05) is 0 Å². The van der Waals surface area contributed by atoms with Crippen LogP contribution in [0.4, 0.5) is 0 Å². The van der Waals surface area contributed by atoms with Gasteiger partial charge in [0.2, 0.25) is 0 Å². The van der Waals surface area contributed by atoms with Crippen LogP contribution in [0.1, 0.15) is 26.7 Å². The molecule has 70 valence electrons. The van der Waals surface area contributed by atoms with Crippen LogP contribution >= 0.6 is 0 Å². The van der Waals surface area contributed by atoms with Gasteiger partial charge >= 0.3 is 0 Å². The highest BCUT2D eigenvalue weighted by atomic mass is 15.2. The second-order valence-electron chi connectivity index (χ2n) is 3.69. The van der Waals surface area contributed by atoms with E-state index in [2.05, 4.69) is 18.7 Å². The summed E-state index contributed by atoms with van der Waals surface area (Å²) in [7, 11) is 0. The Labute approximate surface area is 74.4 Å². The van der Waals surface area contributed by atoms with Gasteiger partial charge in [-0.25, -0.2) is 0 Å². The number of rotatable bonds is 3. The van der Waals surface area contributed by atoms with Crippen LogP contribution in [0.5, 0.6) is 0 Å². The van der Waals surface area contributed by atoms with Gasteiger partial charge in [-0.3, -0.25) is 10.3 Å². The van der Waals surface area contributed by atoms with E-state index in [0.717, 1.165) is 19.5 Å². The summed E-state index contributed by atoms with van der Waals surface area (Å²) in [6.07, 6.45) is 2.25. The van der Waals surface area contributed by atoms with Crippen molar-refractivity contribution in [2.45, 2.75) is 32.7 Å². The summed E-state index contributed by atoms with van der Waals surface area (Å²) in [5, 5.41) is 7.33. The molecule has 1 aliphatic heterocycles. The average molecular weight is 169 g/mol. The maximum atomic E-state index is 7.33. The zero-order chi connectivity index (χ0) is 9.14. The molecule has 3 N–H and O–H groups in total. The van der Waals surface area contributed by atoms with Gasteiger partial charge in [0.1, 0.15) is 0 Å². The van der Waals surface area contributed by atoms with Crippen molar-refractivity contribution >= 4 is 5.84 Å². The van der Waals surface area contributed by atoms with E-state index in [4.69, 9.17) is 11.1 Å². The third-order valence-electron chi connectivity index (χ3n) is 2.87. The van der Waals surface area contributed by atoms with Crippen LogP contribution in [0.25, 0.3) is 0 Å². The predicted octanol–water partition coefficient (Wildman–Crippen LogP) is 1.04. The number of nitrogens with two attached hydrogens (primary N) is 1. The second kappa shape index (κ2) is 3.90. The number of hydrogen-bond acceptors (Lipinski definition) is 2. The normalized spacial score (nSPS) is 27.3. The SMILES string of the molecule is CCC(C)N1CCC(C(=N)N)C1. The van der Waals surface area contributed by atoms with E-state index >= 15 is 0 Å². The molecule has 1 saturated heterocycles. The second-order valence-corrected chi connectivity index (χ2v) is 3.69. The molecule has 0 radical (unpaired) electrons. The topological polar surface area (TPSA) is 53.1 Å². The zero-order valence-corrected chi connectivity index (χ0v) is 8.01. The minimum Gasteiger partial charge on any atom is -0.387 e. The lowest BCUT2D eigenvalue weighted by atomic mass is 10.1. The van der Waals surface area contributed by atoms with Crippen LogP contribution < -0.4 is 5.73 Å². The quantitative estimate of drug-likeness (QED) is 0.490. The van der Waals surface area contributed by atoms with E-state index in [0.29, 0.717) is 17.8 Å². The molecule has 1 aliphatic rings. The van der Waals surface area contributed by atoms with Crippen LogP contribution in [0.2, 0.25) is 0 Å². The molecule has 0 bridgehead atoms. The van der Waals surface area contributed by atoms with Crippen molar-refractivity contribution in [1.82, 2.24) is 4.90 Å². The Bertz CT molecular complexity index is 167. The highest BCUT2D eigenvalue weighted by Gasteiger charge is 2.26. The molecule has 1 rings (SSSR count). The highest BCUT2D eigenvalue weighted by Crippen LogP contribution is 2.19. The fourth-order valence-corrected chi connectivity index (χ4v) is 1.70. The lowest BCUT2D eigenvalue weighted by Crippen LogP contribution is -2.32. The molecule has 3 nitrogen and oxygen atoms in total. The predicted molar refractivity (Wildman–Crippen MR) is 51.3 cm³/mol. The number of nitrogens with one attached hydrogen (secondary N) is 1. The molecule has 0 spiro atoms. The summed E-state index contributed by atoms with van der Waals surface area (Å²) in [4.78, 5) is 2.42. The van der Waals surface area contributed by atoms with Gasteiger partial charge in [-0.15, -0.1) is 0 Å². The number of hydrogen-bond donors (Lipinski definition) is 2. The first-order valence-corrected chi connectivity index (χ1v) is 4.73. The summed E-state index contributed by atoms with van der Waals surface area (Å²) in [6, 6.07) is 0.648. The van der Waals surface area contributed by atoms with Crippen LogP contribution in [-0.2, 0) is 0 Å². The van der Waals surface area contributed by atoms with Crippen LogP contribution in [-0.4, -0.2) is 29.9 Å². The van der Waals surface area contributed by atoms with Gasteiger partial charge in [0.25, 0.3) is 0 Å². The fourth-order valence-electron chi connectivity index (χ4n) is 1.70. The molecule has 12 heavy (non-hydrogen) atoms. The van der Waals surface area contributed by atoms with Gasteiger partial charge in [0.15, 0.2) is 0 Å². The molecule has 0 aromatic carbocycles. The first kappa shape index (κ1) is 9.52. The maximum absolute atomic E-state index is 7.33. The van der Waals surface area contributed by atoms with Crippen molar-refractivity contribution in [3.05, 3.63) is 0 Å². The minimum absolute atomic E-state index is 0.319. The Kier molecular flexibility index (Phi) is 3.09. The minimum atomic E-state index is 0.319. The molecule has 0 amide bonds. The zero-order valence-electron chi connectivity index (χ0n) is 8.01. The van der Waals surface area contributed by atoms with Crippen molar-refractivity contribution in [2.24, 2.45) is 11.7 Å². The van der Waals surface area contributed by atoms with Crippen LogP contribution in [0.3, 0.4) is 0 Å². The van der Waals surface area contributed by atoms with Gasteiger partial charge in [-0.1, -0.05) is 6.92 Å². The van der Waals surface area contributed by atoms with Crippen molar-refractivity contribution in [3.8, 4) is 0 Å². The molecule has 0 saturated carbocycles. The van der Waals surface area contributed by atoms with Crippen molar-refractivity contribution in [3.63, 3.8) is 0 Å². The number of likely N-dealkylation sites (tertiary alicyclic amines) is 1. The summed E-state index contributed by atoms with van der Waals surface area (Å²) in [5.41, 5.74) is 5.46. The summed E-state index contributed by atoms with van der Waals surface area (Å²) >= 11 is 0. The Hall–Kier alpha value is -0.570. The number of amidine groups is 1. The van der Waals surface area contributed by atoms with Crippen LogP contribution in [0.15, 0.2) is 0 Å². The van der Waals surface area contributed by atoms with Crippen molar-refractivity contribution < 1.29 is 0 Å². The Morgan fingerprint density at radius 1 is 1.75 bits per heavy atom. The molecule has 3 heteroatoms. The molecule has 0 aromatic rings. The highest BCUT2D eigenvalue weighted by molar-refractivity contribution is 5.80. The standard InChI is InChI=1S/C9H19N3/c1-3-7(2)12-5-4-8(6-12)9(10)11/h7-8H,3-6H2,1-2H3,(H3,10,11). The Balaban J connectivity index is 2.40. The largest absolute Gasteiger partial charge is 0.387 e. The van der Waals surface area contributed by atoms with Gasteiger partial charge in [0, 0.05) is 18.5 Å². The molecular weight excluding hydrogens is 150 g/mol. The lowest BCUT2D eigenvalue weighted by Gasteiger charge is -2.22. The van der Waals surface area contributed by atoms with E-state index in [9.17, 15) is 0 Å². The monoisotopic (exact) mass is 169 g/mol. The number of nitrogens with zero attached hydrogens (tertiary/aromatic N) is 1. The molecule has 0 aromatic heterocycles. The summed E-state index contributed by atoms with van der Waals surface area (Å²) in [5.74, 6) is 0.680. The molecule has 0 aliphatic carbocycles. The van der Waals surface area contributed by atoms with E-state index in [1.54, 1.807) is 0 Å². The smallest absolute Gasteiger partial charge is 0.0950 e. The van der Waals surface area contributed by atoms with Crippen molar-refractivity contribution in [2.75, 3.05) is 13.1 Å². The van der Waals surface area contributed by atoms with E-state index in [-0.39, 0.29) is 0 Å². The summed E-state index contributed by atoms with van der Waals surface area (Å²) < 4.78 is 0. The van der Waals surface area contributed by atoms with Gasteiger partial charge in [-0.2, -0.15) is 0 Å². The fraction of sp³-hybridized carbons (Fsp3) is 0.889. The first-order valence-electron chi connectivity index (χ1n) is 4.73. The lowest BCUT2D eigenvalue weighted by molar-refractivity contribution is 0.249. The summed E-state index contributed by atoms with van der Waals surface area (Å²) in [6.45, 7) is 6.54. The van der Waals surface area contributed by atoms with Crippen molar-refractivity contribution in [1.29, 1.82) is 5.41 Å². The van der Waals surface area contributed by atoms with Gasteiger partial charge in [-0.05, 0) is 26.3 Å². The van der Waals surface area contributed by atoms with Gasteiger partial charge in [0.05, 0.1) is 5.84 Å². The third-order valence-corrected chi connectivity index (χ3v) is 2.87. The molecule has 1 fully saturated rings. The third kappa shape index (κ3) is 1.97. The van der Waals surface area contributed by atoms with Crippen LogP contribution in [0, 0.1) is 11.3 Å². The maximum Gasteiger partial charge on any atom is 0.0950 e. The molecule has 2 atom stereocenters. The van der Waals surface area contributed by atoms with Gasteiger partial charge < -0.3 is 5.73 Å². The first-order chi connectivity index (χ1) is 5.65. The van der Waals surface area contributed by atoms with E-state index in [1.165, 1.54) is 6.42 Å². The molecular formula is C9H19N3. The Morgan fingerprint density at radius 2 is 2.42 bits per heavy atom. The average Bonchev–Trinajstić information content (AvgIpc) is 2.51. The molecule has 2 unspecified atom stereocenters. The Morgan fingerprint density at radius 3 is 2.83 bits per heavy atom. The molecule has 1 heterocycles. The van der Waals surface area contributed by atoms with E-state index < -0.39 is 0 Å².